The topological polar surface area (TPSA) is 45.1 Å². The van der Waals surface area contributed by atoms with Crippen LogP contribution in [0.2, 0.25) is 0 Å². The number of aliphatic hydroxyl groups excluding tert-OH is 1. The van der Waals surface area contributed by atoms with E-state index in [0.29, 0.717) is 0 Å². The average Bonchev–Trinajstić information content (AvgIpc) is 2.94. The number of nitrogens with one attached hydrogen (secondary N) is 1. The minimum atomic E-state index is -0.210. The maximum absolute atomic E-state index is 9.15. The maximum atomic E-state index is 9.15. The van der Waals surface area contributed by atoms with Crippen molar-refractivity contribution in [3.8, 4) is 0 Å². The molecule has 1 aliphatic rings. The molecule has 0 bridgehead atoms. The number of aromatic nitrogens is 1. The number of rotatable bonds is 6. The fraction of sp³-hybridized carbons (Fsp3) is 0.769. The summed E-state index contributed by atoms with van der Waals surface area (Å²) in [5.74, 6) is 0.728. The lowest BCUT2D eigenvalue weighted by Crippen LogP contribution is -2.18. The molecule has 1 aromatic rings. The van der Waals surface area contributed by atoms with Crippen molar-refractivity contribution < 1.29 is 5.11 Å². The van der Waals surface area contributed by atoms with Crippen LogP contribution in [-0.4, -0.2) is 22.7 Å². The van der Waals surface area contributed by atoms with Gasteiger partial charge in [0.15, 0.2) is 0 Å². The van der Waals surface area contributed by atoms with Gasteiger partial charge in [0.05, 0.1) is 11.1 Å². The minimum Gasteiger partial charge on any atom is -0.393 e. The Morgan fingerprint density at radius 2 is 2.29 bits per heavy atom. The van der Waals surface area contributed by atoms with Gasteiger partial charge < -0.3 is 10.4 Å². The molecule has 0 spiro atoms. The molecule has 4 heteroatoms. The molecule has 1 heterocycles. The number of hydrogen-bond acceptors (Lipinski definition) is 4. The van der Waals surface area contributed by atoms with Gasteiger partial charge in [0.1, 0.15) is 0 Å². The van der Waals surface area contributed by atoms with Gasteiger partial charge in [-0.15, -0.1) is 11.3 Å². The van der Waals surface area contributed by atoms with Crippen molar-refractivity contribution in [2.45, 2.75) is 57.6 Å². The van der Waals surface area contributed by atoms with Gasteiger partial charge in [-0.05, 0) is 32.7 Å². The Balaban J connectivity index is 1.74. The summed E-state index contributed by atoms with van der Waals surface area (Å²) in [6.07, 6.45) is 7.99. The maximum Gasteiger partial charge on any atom is 0.0959 e. The lowest BCUT2D eigenvalue weighted by Gasteiger charge is -2.05. The van der Waals surface area contributed by atoms with E-state index in [-0.39, 0.29) is 6.10 Å². The Kier molecular flexibility index (Phi) is 4.95. The highest BCUT2D eigenvalue weighted by Crippen LogP contribution is 2.35. The first kappa shape index (κ1) is 13.0. The van der Waals surface area contributed by atoms with Crippen LogP contribution in [0.4, 0.5) is 0 Å². The molecule has 0 amide bonds. The summed E-state index contributed by atoms with van der Waals surface area (Å²) in [7, 11) is 0. The van der Waals surface area contributed by atoms with E-state index in [1.807, 2.05) is 24.5 Å². The second-order valence-electron chi connectivity index (χ2n) is 4.96. The normalized spacial score (nSPS) is 18.7. The number of hydrogen-bond donors (Lipinski definition) is 2. The Morgan fingerprint density at radius 1 is 1.53 bits per heavy atom. The molecular formula is C13H22N2OS. The van der Waals surface area contributed by atoms with Crippen molar-refractivity contribution in [2.75, 3.05) is 6.54 Å². The van der Waals surface area contributed by atoms with Gasteiger partial charge in [-0.1, -0.05) is 12.8 Å². The number of nitrogens with zero attached hydrogens (tertiary/aromatic N) is 1. The third-order valence-corrected chi connectivity index (χ3v) is 4.47. The molecule has 96 valence electrons. The molecular weight excluding hydrogens is 232 g/mol. The highest BCUT2D eigenvalue weighted by atomic mass is 32.1. The van der Waals surface area contributed by atoms with E-state index in [9.17, 15) is 0 Å². The molecule has 0 saturated heterocycles. The SMILES string of the molecule is CC(O)CCNCc1cnc(C2CCCC2)s1. The fourth-order valence-electron chi connectivity index (χ4n) is 2.29. The molecule has 0 aliphatic heterocycles. The van der Waals surface area contributed by atoms with Crippen molar-refractivity contribution in [1.29, 1.82) is 0 Å². The third kappa shape index (κ3) is 4.05. The van der Waals surface area contributed by atoms with E-state index < -0.39 is 0 Å². The zero-order valence-electron chi connectivity index (χ0n) is 10.5. The van der Waals surface area contributed by atoms with Crippen molar-refractivity contribution >= 4 is 11.3 Å². The number of thiazole rings is 1. The van der Waals surface area contributed by atoms with Crippen LogP contribution < -0.4 is 5.32 Å². The first-order valence-electron chi connectivity index (χ1n) is 6.59. The Labute approximate surface area is 107 Å². The molecule has 2 rings (SSSR count). The summed E-state index contributed by atoms with van der Waals surface area (Å²) in [6, 6.07) is 0. The summed E-state index contributed by atoms with van der Waals surface area (Å²) in [5, 5.41) is 13.8. The van der Waals surface area contributed by atoms with Gasteiger partial charge in [-0.3, -0.25) is 0 Å². The first-order chi connectivity index (χ1) is 8.25. The van der Waals surface area contributed by atoms with Crippen molar-refractivity contribution in [1.82, 2.24) is 10.3 Å². The van der Waals surface area contributed by atoms with Gasteiger partial charge >= 0.3 is 0 Å². The Hall–Kier alpha value is -0.450. The summed E-state index contributed by atoms with van der Waals surface area (Å²) < 4.78 is 0. The van der Waals surface area contributed by atoms with Crippen LogP contribution in [0.25, 0.3) is 0 Å². The standard InChI is InChI=1S/C13H22N2OS/c1-10(16)6-7-14-8-12-9-15-13(17-12)11-4-2-3-5-11/h9-11,14,16H,2-8H2,1H3. The monoisotopic (exact) mass is 254 g/mol. The van der Waals surface area contributed by atoms with Crippen molar-refractivity contribution in [3.63, 3.8) is 0 Å². The zero-order valence-corrected chi connectivity index (χ0v) is 11.3. The second-order valence-corrected chi connectivity index (χ2v) is 6.11. The molecule has 1 unspecified atom stereocenters. The molecule has 0 radical (unpaired) electrons. The Morgan fingerprint density at radius 3 is 3.00 bits per heavy atom. The fourth-order valence-corrected chi connectivity index (χ4v) is 3.34. The quantitative estimate of drug-likeness (QED) is 0.767. The molecule has 1 fully saturated rings. The minimum absolute atomic E-state index is 0.210. The van der Waals surface area contributed by atoms with E-state index in [0.717, 1.165) is 25.4 Å². The van der Waals surface area contributed by atoms with Gasteiger partial charge in [-0.25, -0.2) is 4.98 Å². The lowest BCUT2D eigenvalue weighted by molar-refractivity contribution is 0.183. The molecule has 1 saturated carbocycles. The van der Waals surface area contributed by atoms with Gasteiger partial charge in [0.2, 0.25) is 0 Å². The van der Waals surface area contributed by atoms with Crippen molar-refractivity contribution in [2.24, 2.45) is 0 Å². The second kappa shape index (κ2) is 6.47. The molecule has 1 atom stereocenters. The van der Waals surface area contributed by atoms with Crippen LogP contribution in [0.15, 0.2) is 6.20 Å². The average molecular weight is 254 g/mol. The van der Waals surface area contributed by atoms with E-state index in [1.165, 1.54) is 35.6 Å². The third-order valence-electron chi connectivity index (χ3n) is 3.31. The largest absolute Gasteiger partial charge is 0.393 e. The van der Waals surface area contributed by atoms with Gasteiger partial charge in [0, 0.05) is 23.5 Å². The van der Waals surface area contributed by atoms with Crippen LogP contribution >= 0.6 is 11.3 Å². The summed E-state index contributed by atoms with van der Waals surface area (Å²) in [5.41, 5.74) is 0. The highest BCUT2D eigenvalue weighted by Gasteiger charge is 2.19. The van der Waals surface area contributed by atoms with Crippen LogP contribution in [0.5, 0.6) is 0 Å². The summed E-state index contributed by atoms with van der Waals surface area (Å²) in [6.45, 7) is 3.58. The van der Waals surface area contributed by atoms with Gasteiger partial charge in [-0.2, -0.15) is 0 Å². The van der Waals surface area contributed by atoms with E-state index in [2.05, 4.69) is 10.3 Å². The van der Waals surface area contributed by atoms with Crippen molar-refractivity contribution in [3.05, 3.63) is 16.1 Å². The first-order valence-corrected chi connectivity index (χ1v) is 7.40. The molecule has 1 aromatic heterocycles. The smallest absolute Gasteiger partial charge is 0.0959 e. The van der Waals surface area contributed by atoms with Crippen LogP contribution in [0.1, 0.15) is 54.8 Å². The number of aliphatic hydroxyl groups is 1. The molecule has 1 aliphatic carbocycles. The molecule has 2 N–H and O–H groups in total. The van der Waals surface area contributed by atoms with Gasteiger partial charge in [0.25, 0.3) is 0 Å². The van der Waals surface area contributed by atoms with Crippen LogP contribution in [0, 0.1) is 0 Å². The van der Waals surface area contributed by atoms with Crippen LogP contribution in [0.3, 0.4) is 0 Å². The molecule has 3 nitrogen and oxygen atoms in total. The predicted molar refractivity (Wildman–Crippen MR) is 71.3 cm³/mol. The predicted octanol–water partition coefficient (Wildman–Crippen LogP) is 2.66. The highest BCUT2D eigenvalue weighted by molar-refractivity contribution is 7.11. The van der Waals surface area contributed by atoms with E-state index in [4.69, 9.17) is 5.11 Å². The summed E-state index contributed by atoms with van der Waals surface area (Å²) in [4.78, 5) is 5.86. The summed E-state index contributed by atoms with van der Waals surface area (Å²) >= 11 is 1.85. The van der Waals surface area contributed by atoms with E-state index in [1.54, 1.807) is 0 Å². The molecule has 17 heavy (non-hydrogen) atoms. The zero-order chi connectivity index (χ0) is 12.1. The van der Waals surface area contributed by atoms with Crippen LogP contribution in [-0.2, 0) is 6.54 Å². The Bertz CT molecular complexity index is 332. The molecule has 0 aromatic carbocycles. The lowest BCUT2D eigenvalue weighted by atomic mass is 10.1. The van der Waals surface area contributed by atoms with E-state index >= 15 is 0 Å².